The van der Waals surface area contributed by atoms with Gasteiger partial charge in [0.15, 0.2) is 0 Å². The van der Waals surface area contributed by atoms with E-state index in [1.807, 2.05) is 18.2 Å². The van der Waals surface area contributed by atoms with Gasteiger partial charge in [0.1, 0.15) is 0 Å². The minimum absolute atomic E-state index is 0.0520. The third kappa shape index (κ3) is 2.68. The van der Waals surface area contributed by atoms with Crippen molar-refractivity contribution in [1.82, 2.24) is 4.90 Å². The molecule has 1 saturated carbocycles. The highest BCUT2D eigenvalue weighted by molar-refractivity contribution is 7.85. The Labute approximate surface area is 114 Å². The van der Waals surface area contributed by atoms with Crippen LogP contribution in [-0.4, -0.2) is 38.3 Å². The van der Waals surface area contributed by atoms with Crippen LogP contribution in [0, 0.1) is 5.92 Å². The van der Waals surface area contributed by atoms with Crippen LogP contribution in [-0.2, 0) is 20.8 Å². The fourth-order valence-electron chi connectivity index (χ4n) is 3.37. The maximum atomic E-state index is 11.2. The monoisotopic (exact) mass is 281 g/mol. The first-order chi connectivity index (χ1) is 8.97. The highest BCUT2D eigenvalue weighted by atomic mass is 32.2. The molecule has 4 nitrogen and oxygen atoms in total. The molecule has 4 rings (SSSR count). The maximum absolute atomic E-state index is 11.2. The Morgan fingerprint density at radius 1 is 1.32 bits per heavy atom. The van der Waals surface area contributed by atoms with Crippen LogP contribution in [0.4, 0.5) is 0 Å². The number of hydrogen-bond donors (Lipinski definition) is 0. The lowest BCUT2D eigenvalue weighted by molar-refractivity contribution is 0.0473. The van der Waals surface area contributed by atoms with Gasteiger partial charge < -0.3 is 0 Å². The first-order valence-electron chi connectivity index (χ1n) is 6.60. The van der Waals surface area contributed by atoms with Crippen molar-refractivity contribution in [2.75, 3.05) is 19.4 Å². The van der Waals surface area contributed by atoms with Crippen molar-refractivity contribution in [3.05, 3.63) is 35.9 Å². The zero-order chi connectivity index (χ0) is 13.5. The van der Waals surface area contributed by atoms with Crippen molar-refractivity contribution in [3.8, 4) is 0 Å². The number of benzene rings is 1. The smallest absolute Gasteiger partial charge is 0.264 e. The fourth-order valence-corrected chi connectivity index (χ4v) is 3.80. The highest BCUT2D eigenvalue weighted by Crippen LogP contribution is 2.51. The molecule has 0 atom stereocenters. The molecule has 1 aliphatic carbocycles. The third-order valence-corrected chi connectivity index (χ3v) is 4.79. The molecule has 2 bridgehead atoms. The van der Waals surface area contributed by atoms with Gasteiger partial charge in [-0.05, 0) is 24.3 Å². The Bertz CT molecular complexity index is 549. The van der Waals surface area contributed by atoms with E-state index < -0.39 is 10.1 Å². The molecule has 1 aromatic carbocycles. The lowest BCUT2D eigenvalue weighted by atomic mass is 9.74. The molecule has 3 fully saturated rings. The number of fused-ring (bicyclic) bond motifs is 1. The summed E-state index contributed by atoms with van der Waals surface area (Å²) in [7, 11) is -3.35. The number of rotatable bonds is 5. The topological polar surface area (TPSA) is 46.6 Å². The SMILES string of the molecule is CS(=O)(=O)OCC12CC(CN1Cc1ccccc1)C2. The lowest BCUT2D eigenvalue weighted by Crippen LogP contribution is -2.49. The van der Waals surface area contributed by atoms with Gasteiger partial charge in [-0.25, -0.2) is 0 Å². The molecule has 3 aliphatic rings. The summed E-state index contributed by atoms with van der Waals surface area (Å²) in [6.07, 6.45) is 3.25. The Hall–Kier alpha value is -0.910. The molecule has 0 unspecified atom stereocenters. The average molecular weight is 281 g/mol. The quantitative estimate of drug-likeness (QED) is 0.770. The molecule has 19 heavy (non-hydrogen) atoms. The van der Waals surface area contributed by atoms with E-state index >= 15 is 0 Å². The number of nitrogens with zero attached hydrogens (tertiary/aromatic N) is 1. The predicted molar refractivity (Wildman–Crippen MR) is 73.1 cm³/mol. The summed E-state index contributed by atoms with van der Waals surface area (Å²) in [5.74, 6) is 0.715. The summed E-state index contributed by atoms with van der Waals surface area (Å²) in [4.78, 5) is 2.39. The Kier molecular flexibility index (Phi) is 3.15. The fraction of sp³-hybridized carbons (Fsp3) is 0.571. The predicted octanol–water partition coefficient (Wildman–Crippen LogP) is 1.63. The lowest BCUT2D eigenvalue weighted by Gasteiger charge is -2.41. The van der Waals surface area contributed by atoms with E-state index in [1.54, 1.807) is 0 Å². The molecule has 0 radical (unpaired) electrons. The molecule has 1 aromatic rings. The summed E-state index contributed by atoms with van der Waals surface area (Å²) in [5, 5.41) is 0. The molecule has 2 aliphatic heterocycles. The van der Waals surface area contributed by atoms with Crippen molar-refractivity contribution < 1.29 is 12.6 Å². The first kappa shape index (κ1) is 13.1. The molecule has 0 spiro atoms. The van der Waals surface area contributed by atoms with Gasteiger partial charge in [0.05, 0.1) is 12.9 Å². The van der Waals surface area contributed by atoms with Crippen LogP contribution in [0.2, 0.25) is 0 Å². The summed E-state index contributed by atoms with van der Waals surface area (Å²) in [6, 6.07) is 10.3. The second-order valence-electron chi connectivity index (χ2n) is 5.83. The molecular weight excluding hydrogens is 262 g/mol. The van der Waals surface area contributed by atoms with Gasteiger partial charge in [0.25, 0.3) is 10.1 Å². The Morgan fingerprint density at radius 2 is 2.00 bits per heavy atom. The van der Waals surface area contributed by atoms with Crippen molar-refractivity contribution in [1.29, 1.82) is 0 Å². The van der Waals surface area contributed by atoms with Gasteiger partial charge in [0.2, 0.25) is 0 Å². The van der Waals surface area contributed by atoms with E-state index in [1.165, 1.54) is 5.56 Å². The zero-order valence-electron chi connectivity index (χ0n) is 11.1. The second-order valence-corrected chi connectivity index (χ2v) is 7.47. The third-order valence-electron chi connectivity index (χ3n) is 4.24. The van der Waals surface area contributed by atoms with Crippen molar-refractivity contribution in [2.45, 2.75) is 24.9 Å². The molecule has 2 saturated heterocycles. The van der Waals surface area contributed by atoms with Crippen LogP contribution in [0.3, 0.4) is 0 Å². The molecule has 0 N–H and O–H groups in total. The van der Waals surface area contributed by atoms with Crippen molar-refractivity contribution >= 4 is 10.1 Å². The van der Waals surface area contributed by atoms with Crippen molar-refractivity contribution in [3.63, 3.8) is 0 Å². The van der Waals surface area contributed by atoms with E-state index in [4.69, 9.17) is 4.18 Å². The summed E-state index contributed by atoms with van der Waals surface area (Å²) < 4.78 is 27.4. The second kappa shape index (κ2) is 4.58. The van der Waals surface area contributed by atoms with Crippen LogP contribution in [0.1, 0.15) is 18.4 Å². The number of hydrogen-bond acceptors (Lipinski definition) is 4. The van der Waals surface area contributed by atoms with E-state index in [-0.39, 0.29) is 5.54 Å². The highest BCUT2D eigenvalue weighted by Gasteiger charge is 2.56. The average Bonchev–Trinajstić information content (AvgIpc) is 2.80. The largest absolute Gasteiger partial charge is 0.291 e. The van der Waals surface area contributed by atoms with Crippen LogP contribution in [0.5, 0.6) is 0 Å². The van der Waals surface area contributed by atoms with E-state index in [0.29, 0.717) is 12.5 Å². The minimum atomic E-state index is -3.35. The van der Waals surface area contributed by atoms with Gasteiger partial charge >= 0.3 is 0 Å². The van der Waals surface area contributed by atoms with Crippen molar-refractivity contribution in [2.24, 2.45) is 5.92 Å². The Balaban J connectivity index is 1.69. The van der Waals surface area contributed by atoms with Crippen LogP contribution < -0.4 is 0 Å². The molecule has 104 valence electrons. The molecule has 2 heterocycles. The van der Waals surface area contributed by atoms with Gasteiger partial charge in [-0.1, -0.05) is 30.3 Å². The maximum Gasteiger partial charge on any atom is 0.264 e. The van der Waals surface area contributed by atoms with Crippen LogP contribution >= 0.6 is 0 Å². The normalized spacial score (nSPS) is 30.3. The summed E-state index contributed by atoms with van der Waals surface area (Å²) in [6.45, 7) is 2.24. The van der Waals surface area contributed by atoms with Gasteiger partial charge in [-0.2, -0.15) is 8.42 Å². The van der Waals surface area contributed by atoms with E-state index in [2.05, 4.69) is 17.0 Å². The van der Waals surface area contributed by atoms with Crippen LogP contribution in [0.15, 0.2) is 30.3 Å². The molecule has 5 heteroatoms. The van der Waals surface area contributed by atoms with Gasteiger partial charge in [-0.3, -0.25) is 9.08 Å². The Morgan fingerprint density at radius 3 is 2.63 bits per heavy atom. The minimum Gasteiger partial charge on any atom is -0.291 e. The van der Waals surface area contributed by atoms with E-state index in [0.717, 1.165) is 32.2 Å². The molecular formula is C14H19NO3S. The summed E-state index contributed by atoms with van der Waals surface area (Å²) in [5.41, 5.74) is 1.22. The van der Waals surface area contributed by atoms with Gasteiger partial charge in [0, 0.05) is 18.6 Å². The van der Waals surface area contributed by atoms with Gasteiger partial charge in [-0.15, -0.1) is 0 Å². The van der Waals surface area contributed by atoms with Crippen LogP contribution in [0.25, 0.3) is 0 Å². The molecule has 0 amide bonds. The standard InChI is InChI=1S/C14H19NO3S/c1-19(16,17)18-11-14-7-13(8-14)10-15(14)9-12-5-3-2-4-6-12/h2-6,13H,7-11H2,1H3. The van der Waals surface area contributed by atoms with E-state index in [9.17, 15) is 8.42 Å². The summed E-state index contributed by atoms with van der Waals surface area (Å²) >= 11 is 0. The first-order valence-corrected chi connectivity index (χ1v) is 8.42. The molecule has 0 aromatic heterocycles. The zero-order valence-corrected chi connectivity index (χ0v) is 11.9.